The predicted octanol–water partition coefficient (Wildman–Crippen LogP) is 1.88. The van der Waals surface area contributed by atoms with E-state index in [4.69, 9.17) is 5.11 Å². The zero-order chi connectivity index (χ0) is 13.8. The molecule has 2 rings (SSSR count). The fourth-order valence-corrected chi connectivity index (χ4v) is 3.34. The Hall–Kier alpha value is -1.01. The molecule has 1 aromatic rings. The van der Waals surface area contributed by atoms with Crippen LogP contribution in [0.5, 0.6) is 0 Å². The van der Waals surface area contributed by atoms with Crippen LogP contribution >= 0.6 is 11.8 Å². The second kappa shape index (κ2) is 6.43. The monoisotopic (exact) mass is 283 g/mol. The number of rotatable bonds is 5. The number of hydrogen-bond acceptors (Lipinski definition) is 4. The van der Waals surface area contributed by atoms with E-state index >= 15 is 0 Å². The predicted molar refractivity (Wildman–Crippen MR) is 76.6 cm³/mol. The van der Waals surface area contributed by atoms with Crippen molar-refractivity contribution >= 4 is 17.7 Å². The average Bonchev–Trinajstić information content (AvgIpc) is 2.78. The van der Waals surface area contributed by atoms with E-state index < -0.39 is 5.97 Å². The molecule has 1 aliphatic rings. The number of carboxylic acids is 1. The minimum absolute atomic E-state index is 0.299. The Balaban J connectivity index is 1.89. The third-order valence-electron chi connectivity index (χ3n) is 3.86. The van der Waals surface area contributed by atoms with Crippen molar-refractivity contribution in [2.24, 2.45) is 7.05 Å². The second-order valence-corrected chi connectivity index (χ2v) is 6.16. The Morgan fingerprint density at radius 3 is 2.79 bits per heavy atom. The van der Waals surface area contributed by atoms with Crippen LogP contribution in [0.1, 0.15) is 41.7 Å². The molecule has 0 aromatic carbocycles. The van der Waals surface area contributed by atoms with Crippen molar-refractivity contribution in [3.8, 4) is 0 Å². The van der Waals surface area contributed by atoms with Crippen LogP contribution < -0.4 is 5.32 Å². The molecule has 106 valence electrons. The molecule has 1 aliphatic carbocycles. The van der Waals surface area contributed by atoms with Crippen LogP contribution in [0.3, 0.4) is 0 Å². The summed E-state index contributed by atoms with van der Waals surface area (Å²) < 4.78 is 1.64. The van der Waals surface area contributed by atoms with Gasteiger partial charge in [0.05, 0.1) is 11.9 Å². The summed E-state index contributed by atoms with van der Waals surface area (Å²) in [4.78, 5) is 11.1. The van der Waals surface area contributed by atoms with Crippen molar-refractivity contribution in [3.05, 3.63) is 17.5 Å². The number of nitrogens with one attached hydrogen (secondary N) is 1. The first-order valence-corrected chi connectivity index (χ1v) is 7.91. The maximum absolute atomic E-state index is 11.1. The van der Waals surface area contributed by atoms with Crippen LogP contribution in [0.2, 0.25) is 0 Å². The normalized spacial score (nSPS) is 23.5. The summed E-state index contributed by atoms with van der Waals surface area (Å²) in [5, 5.41) is 17.4. The van der Waals surface area contributed by atoms with Crippen LogP contribution in [-0.2, 0) is 13.6 Å². The maximum Gasteiger partial charge on any atom is 0.339 e. The molecule has 2 N–H and O–H groups in total. The number of carbonyl (C=O) groups is 1. The van der Waals surface area contributed by atoms with E-state index in [0.717, 1.165) is 10.9 Å². The minimum atomic E-state index is -0.906. The third kappa shape index (κ3) is 3.51. The first kappa shape index (κ1) is 14.4. The van der Waals surface area contributed by atoms with Gasteiger partial charge < -0.3 is 10.4 Å². The van der Waals surface area contributed by atoms with Crippen LogP contribution in [0.15, 0.2) is 6.20 Å². The molecule has 0 atom stereocenters. The largest absolute Gasteiger partial charge is 0.478 e. The third-order valence-corrected chi connectivity index (χ3v) is 5.00. The molecule has 1 aromatic heterocycles. The quantitative estimate of drug-likeness (QED) is 0.863. The van der Waals surface area contributed by atoms with Crippen molar-refractivity contribution in [1.29, 1.82) is 0 Å². The molecule has 1 fully saturated rings. The molecular weight excluding hydrogens is 262 g/mol. The van der Waals surface area contributed by atoms with Crippen molar-refractivity contribution in [1.82, 2.24) is 15.1 Å². The van der Waals surface area contributed by atoms with E-state index in [0.29, 0.717) is 18.2 Å². The molecular formula is C13H21N3O2S. The number of aryl methyl sites for hydroxylation is 1. The SMILES string of the molecule is CSC1CCC(NCc2c(C(=O)O)cnn2C)CC1. The standard InChI is InChI=1S/C13H21N3O2S/c1-16-12(11(7-15-16)13(17)18)8-14-9-3-5-10(19-2)6-4-9/h7,9-10,14H,3-6,8H2,1-2H3,(H,17,18). The van der Waals surface area contributed by atoms with Crippen molar-refractivity contribution < 1.29 is 9.90 Å². The van der Waals surface area contributed by atoms with Gasteiger partial charge in [0.25, 0.3) is 0 Å². The van der Waals surface area contributed by atoms with Crippen molar-refractivity contribution in [2.45, 2.75) is 43.5 Å². The topological polar surface area (TPSA) is 67.2 Å². The van der Waals surface area contributed by atoms with E-state index in [9.17, 15) is 4.79 Å². The summed E-state index contributed by atoms with van der Waals surface area (Å²) in [5.74, 6) is -0.906. The maximum atomic E-state index is 11.1. The molecule has 1 heterocycles. The molecule has 0 bridgehead atoms. The zero-order valence-electron chi connectivity index (χ0n) is 11.4. The lowest BCUT2D eigenvalue weighted by atomic mass is 9.95. The molecule has 6 heteroatoms. The number of hydrogen-bond donors (Lipinski definition) is 2. The Morgan fingerprint density at radius 1 is 1.53 bits per heavy atom. The summed E-state index contributed by atoms with van der Waals surface area (Å²) in [6.07, 6.45) is 8.43. The highest BCUT2D eigenvalue weighted by molar-refractivity contribution is 7.99. The fraction of sp³-hybridized carbons (Fsp3) is 0.692. The number of aromatic nitrogens is 2. The Morgan fingerprint density at radius 2 is 2.21 bits per heavy atom. The summed E-state index contributed by atoms with van der Waals surface area (Å²) in [6, 6.07) is 0.500. The van der Waals surface area contributed by atoms with Crippen LogP contribution in [0.25, 0.3) is 0 Å². The first-order valence-electron chi connectivity index (χ1n) is 6.62. The highest BCUT2D eigenvalue weighted by atomic mass is 32.2. The van der Waals surface area contributed by atoms with Crippen molar-refractivity contribution in [2.75, 3.05) is 6.26 Å². The lowest BCUT2D eigenvalue weighted by Crippen LogP contribution is -2.34. The van der Waals surface area contributed by atoms with Crippen molar-refractivity contribution in [3.63, 3.8) is 0 Å². The molecule has 0 spiro atoms. The van der Waals surface area contributed by atoms with Gasteiger partial charge in [0.15, 0.2) is 0 Å². The summed E-state index contributed by atoms with van der Waals surface area (Å²) in [6.45, 7) is 0.576. The van der Waals surface area contributed by atoms with Crippen LogP contribution in [0, 0.1) is 0 Å². The Kier molecular flexibility index (Phi) is 4.87. The first-order chi connectivity index (χ1) is 9.11. The number of thioether (sulfide) groups is 1. The summed E-state index contributed by atoms with van der Waals surface area (Å²) in [7, 11) is 1.79. The van der Waals surface area contributed by atoms with E-state index in [1.165, 1.54) is 31.9 Å². The summed E-state index contributed by atoms with van der Waals surface area (Å²) in [5.41, 5.74) is 1.05. The van der Waals surface area contributed by atoms with E-state index in [1.807, 2.05) is 11.8 Å². The number of aromatic carboxylic acids is 1. The molecule has 19 heavy (non-hydrogen) atoms. The van der Waals surface area contributed by atoms with Gasteiger partial charge in [0.1, 0.15) is 5.56 Å². The highest BCUT2D eigenvalue weighted by Crippen LogP contribution is 2.27. The average molecular weight is 283 g/mol. The van der Waals surface area contributed by atoms with Gasteiger partial charge in [-0.1, -0.05) is 0 Å². The van der Waals surface area contributed by atoms with Gasteiger partial charge in [-0.2, -0.15) is 16.9 Å². The Labute approximate surface area is 117 Å². The fourth-order valence-electron chi connectivity index (χ4n) is 2.59. The second-order valence-electron chi connectivity index (χ2n) is 5.02. The minimum Gasteiger partial charge on any atom is -0.478 e. The lowest BCUT2D eigenvalue weighted by Gasteiger charge is -2.28. The molecule has 1 saturated carbocycles. The van der Waals surface area contributed by atoms with E-state index in [-0.39, 0.29) is 0 Å². The smallest absolute Gasteiger partial charge is 0.339 e. The van der Waals surface area contributed by atoms with Crippen LogP contribution in [0.4, 0.5) is 0 Å². The van der Waals surface area contributed by atoms with Gasteiger partial charge in [0, 0.05) is 24.9 Å². The molecule has 0 radical (unpaired) electrons. The Bertz CT molecular complexity index is 439. The van der Waals surface area contributed by atoms with Crippen LogP contribution in [-0.4, -0.2) is 38.4 Å². The molecule has 5 nitrogen and oxygen atoms in total. The van der Waals surface area contributed by atoms with Gasteiger partial charge in [-0.05, 0) is 31.9 Å². The number of nitrogens with zero attached hydrogens (tertiary/aromatic N) is 2. The summed E-state index contributed by atoms with van der Waals surface area (Å²) >= 11 is 1.95. The van der Waals surface area contributed by atoms with Gasteiger partial charge in [0.2, 0.25) is 0 Å². The lowest BCUT2D eigenvalue weighted by molar-refractivity contribution is 0.0695. The van der Waals surface area contributed by atoms with E-state index in [1.54, 1.807) is 11.7 Å². The molecule has 0 saturated heterocycles. The van der Waals surface area contributed by atoms with Gasteiger partial charge in [-0.25, -0.2) is 4.79 Å². The molecule has 0 amide bonds. The van der Waals surface area contributed by atoms with Gasteiger partial charge >= 0.3 is 5.97 Å². The molecule has 0 unspecified atom stereocenters. The zero-order valence-corrected chi connectivity index (χ0v) is 12.2. The number of carboxylic acid groups (broad SMARTS) is 1. The van der Waals surface area contributed by atoms with Gasteiger partial charge in [-0.3, -0.25) is 4.68 Å². The highest BCUT2D eigenvalue weighted by Gasteiger charge is 2.21. The molecule has 0 aliphatic heterocycles. The van der Waals surface area contributed by atoms with E-state index in [2.05, 4.69) is 16.7 Å². The van der Waals surface area contributed by atoms with Gasteiger partial charge in [-0.15, -0.1) is 0 Å².